The van der Waals surface area contributed by atoms with Crippen LogP contribution in [-0.2, 0) is 27.2 Å². The van der Waals surface area contributed by atoms with Crippen LogP contribution in [-0.4, -0.2) is 30.5 Å². The van der Waals surface area contributed by atoms with E-state index in [2.05, 4.69) is 15.0 Å². The molecule has 25 heavy (non-hydrogen) atoms. The molecule has 0 spiro atoms. The van der Waals surface area contributed by atoms with Gasteiger partial charge < -0.3 is 10.1 Å². The number of rotatable bonds is 8. The first-order chi connectivity index (χ1) is 12.2. The molecule has 0 saturated carbocycles. The molecule has 1 heterocycles. The van der Waals surface area contributed by atoms with Crippen LogP contribution < -0.4 is 5.32 Å². The fraction of sp³-hybridized carbons (Fsp3) is 0.250. The number of hydrogen-bond acceptors (Lipinski definition) is 4. The van der Waals surface area contributed by atoms with E-state index < -0.39 is 0 Å². The number of aryl methyl sites for hydroxylation is 1. The van der Waals surface area contributed by atoms with Gasteiger partial charge in [0.25, 0.3) is 0 Å². The molecular weight excluding hydrogens is 316 g/mol. The van der Waals surface area contributed by atoms with Gasteiger partial charge in [0.2, 0.25) is 5.91 Å². The van der Waals surface area contributed by atoms with Crippen molar-refractivity contribution in [3.63, 3.8) is 0 Å². The van der Waals surface area contributed by atoms with Gasteiger partial charge in [-0.15, -0.1) is 0 Å². The van der Waals surface area contributed by atoms with Crippen molar-refractivity contribution in [3.05, 3.63) is 71.6 Å². The number of ether oxygens (including phenoxy) is 1. The summed E-state index contributed by atoms with van der Waals surface area (Å²) in [7, 11) is 1.39. The normalized spacial score (nSPS) is 10.6. The summed E-state index contributed by atoms with van der Waals surface area (Å²) >= 11 is 0. The number of nitrogens with one attached hydrogen (secondary N) is 1. The van der Waals surface area contributed by atoms with Gasteiger partial charge in [-0.05, 0) is 35.8 Å². The lowest BCUT2D eigenvalue weighted by Gasteiger charge is -2.02. The van der Waals surface area contributed by atoms with Gasteiger partial charge in [-0.2, -0.15) is 0 Å². The summed E-state index contributed by atoms with van der Waals surface area (Å²) in [4.78, 5) is 27.1. The van der Waals surface area contributed by atoms with Crippen LogP contribution in [0.2, 0.25) is 0 Å². The highest BCUT2D eigenvalue weighted by molar-refractivity contribution is 5.91. The Hall–Kier alpha value is -2.95. The molecule has 0 radical (unpaired) electrons. The zero-order valence-electron chi connectivity index (χ0n) is 14.3. The van der Waals surface area contributed by atoms with Crippen LogP contribution in [0.15, 0.2) is 54.7 Å². The van der Waals surface area contributed by atoms with Gasteiger partial charge in [-0.1, -0.05) is 30.3 Å². The van der Waals surface area contributed by atoms with E-state index in [-0.39, 0.29) is 11.9 Å². The number of nitrogens with zero attached hydrogens (tertiary/aromatic N) is 1. The molecule has 2 rings (SSSR count). The lowest BCUT2D eigenvalue weighted by molar-refractivity contribution is -0.140. The maximum atomic E-state index is 11.8. The average molecular weight is 338 g/mol. The molecule has 0 fully saturated rings. The smallest absolute Gasteiger partial charge is 0.305 e. The minimum Gasteiger partial charge on any atom is -0.469 e. The van der Waals surface area contributed by atoms with Crippen LogP contribution in [0.25, 0.3) is 6.08 Å². The van der Waals surface area contributed by atoms with Crippen LogP contribution >= 0.6 is 0 Å². The van der Waals surface area contributed by atoms with E-state index in [9.17, 15) is 9.59 Å². The van der Waals surface area contributed by atoms with Crippen LogP contribution in [0.5, 0.6) is 0 Å². The number of carbonyl (C=O) groups excluding carboxylic acids is 2. The van der Waals surface area contributed by atoms with E-state index in [1.54, 1.807) is 12.3 Å². The van der Waals surface area contributed by atoms with Crippen molar-refractivity contribution < 1.29 is 14.3 Å². The highest BCUT2D eigenvalue weighted by Gasteiger charge is 2.01. The van der Waals surface area contributed by atoms with Gasteiger partial charge >= 0.3 is 5.97 Å². The largest absolute Gasteiger partial charge is 0.469 e. The van der Waals surface area contributed by atoms with E-state index >= 15 is 0 Å². The lowest BCUT2D eigenvalue weighted by Crippen LogP contribution is -2.23. The molecule has 0 aliphatic rings. The molecule has 5 nitrogen and oxygen atoms in total. The zero-order chi connectivity index (χ0) is 17.9. The highest BCUT2D eigenvalue weighted by atomic mass is 16.5. The number of pyridine rings is 1. The third kappa shape index (κ3) is 6.99. The van der Waals surface area contributed by atoms with Crippen molar-refractivity contribution in [1.29, 1.82) is 0 Å². The molecule has 130 valence electrons. The first-order valence-corrected chi connectivity index (χ1v) is 8.19. The fourth-order valence-corrected chi connectivity index (χ4v) is 2.23. The molecule has 0 aliphatic heterocycles. The molecule has 0 bridgehead atoms. The summed E-state index contributed by atoms with van der Waals surface area (Å²) in [5, 5.41) is 2.83. The van der Waals surface area contributed by atoms with E-state index in [4.69, 9.17) is 0 Å². The van der Waals surface area contributed by atoms with E-state index in [0.717, 1.165) is 16.8 Å². The van der Waals surface area contributed by atoms with Crippen molar-refractivity contribution in [1.82, 2.24) is 10.3 Å². The first-order valence-electron chi connectivity index (χ1n) is 8.19. The van der Waals surface area contributed by atoms with Crippen molar-refractivity contribution in [2.45, 2.75) is 19.3 Å². The van der Waals surface area contributed by atoms with Gasteiger partial charge in [0.1, 0.15) is 0 Å². The molecule has 0 atom stereocenters. The first kappa shape index (κ1) is 18.4. The SMILES string of the molecule is COC(=O)CCc1ccc(/C=C/C(=O)NCCc2ccccn2)cc1. The third-order valence-corrected chi connectivity index (χ3v) is 3.66. The second-order valence-electron chi connectivity index (χ2n) is 5.51. The minimum absolute atomic E-state index is 0.134. The van der Waals surface area contributed by atoms with Crippen molar-refractivity contribution >= 4 is 18.0 Å². The number of methoxy groups -OCH3 is 1. The molecule has 1 aromatic heterocycles. The Labute approximate surface area is 147 Å². The Bertz CT molecular complexity index is 709. The van der Waals surface area contributed by atoms with Gasteiger partial charge in [0.05, 0.1) is 7.11 Å². The quantitative estimate of drug-likeness (QED) is 0.593. The predicted molar refractivity (Wildman–Crippen MR) is 96.8 cm³/mol. The Morgan fingerprint density at radius 3 is 2.60 bits per heavy atom. The molecule has 0 unspecified atom stereocenters. The van der Waals surface area contributed by atoms with Crippen LogP contribution in [0.3, 0.4) is 0 Å². The number of esters is 1. The maximum Gasteiger partial charge on any atom is 0.305 e. The van der Waals surface area contributed by atoms with Crippen molar-refractivity contribution in [2.75, 3.05) is 13.7 Å². The van der Waals surface area contributed by atoms with Crippen molar-refractivity contribution in [3.8, 4) is 0 Å². The Morgan fingerprint density at radius 1 is 1.12 bits per heavy atom. The highest BCUT2D eigenvalue weighted by Crippen LogP contribution is 2.08. The molecule has 1 amide bonds. The standard InChI is InChI=1S/C20H22N2O3/c1-25-20(24)12-10-17-7-5-16(6-8-17)9-11-19(23)22-15-13-18-4-2-3-14-21-18/h2-9,11,14H,10,12-13,15H2,1H3,(H,22,23)/b11-9+. The summed E-state index contributed by atoms with van der Waals surface area (Å²) in [6.07, 6.45) is 6.73. The van der Waals surface area contributed by atoms with Crippen LogP contribution in [0.4, 0.5) is 0 Å². The zero-order valence-corrected chi connectivity index (χ0v) is 14.3. The molecule has 2 aromatic rings. The van der Waals surface area contributed by atoms with Gasteiger partial charge in [0, 0.05) is 37.4 Å². The molecule has 0 saturated heterocycles. The van der Waals surface area contributed by atoms with Gasteiger partial charge in [-0.25, -0.2) is 0 Å². The summed E-state index contributed by atoms with van der Waals surface area (Å²) in [6, 6.07) is 13.5. The minimum atomic E-state index is -0.216. The van der Waals surface area contributed by atoms with Crippen molar-refractivity contribution in [2.24, 2.45) is 0 Å². The number of carbonyl (C=O) groups is 2. The monoisotopic (exact) mass is 338 g/mol. The predicted octanol–water partition coefficient (Wildman–Crippen LogP) is 2.56. The van der Waals surface area contributed by atoms with Crippen LogP contribution in [0.1, 0.15) is 23.2 Å². The summed E-state index contributed by atoms with van der Waals surface area (Å²) in [5.41, 5.74) is 2.94. The summed E-state index contributed by atoms with van der Waals surface area (Å²) in [5.74, 6) is -0.350. The average Bonchev–Trinajstić information content (AvgIpc) is 2.66. The molecule has 5 heteroatoms. The Balaban J connectivity index is 1.74. The maximum absolute atomic E-state index is 11.8. The second-order valence-corrected chi connectivity index (χ2v) is 5.51. The lowest BCUT2D eigenvalue weighted by atomic mass is 10.1. The number of benzene rings is 1. The number of aromatic nitrogens is 1. The van der Waals surface area contributed by atoms with E-state index in [1.807, 2.05) is 42.5 Å². The Morgan fingerprint density at radius 2 is 1.92 bits per heavy atom. The Kier molecular flexibility index (Phi) is 7.38. The van der Waals surface area contributed by atoms with E-state index in [0.29, 0.717) is 25.8 Å². The van der Waals surface area contributed by atoms with E-state index in [1.165, 1.54) is 13.2 Å². The molecule has 1 aromatic carbocycles. The summed E-state index contributed by atoms with van der Waals surface area (Å²) < 4.78 is 4.62. The topological polar surface area (TPSA) is 68.3 Å². The number of hydrogen-bond donors (Lipinski definition) is 1. The molecule has 0 aliphatic carbocycles. The molecular formula is C20H22N2O3. The van der Waals surface area contributed by atoms with Crippen LogP contribution in [0, 0.1) is 0 Å². The third-order valence-electron chi connectivity index (χ3n) is 3.66. The second kappa shape index (κ2) is 10.0. The summed E-state index contributed by atoms with van der Waals surface area (Å²) in [6.45, 7) is 0.548. The van der Waals surface area contributed by atoms with Gasteiger partial charge in [0.15, 0.2) is 0 Å². The number of amides is 1. The molecule has 1 N–H and O–H groups in total. The van der Waals surface area contributed by atoms with Gasteiger partial charge in [-0.3, -0.25) is 14.6 Å². The fourth-order valence-electron chi connectivity index (χ4n) is 2.23.